The van der Waals surface area contributed by atoms with Gasteiger partial charge in [-0.1, -0.05) is 41.8 Å². The van der Waals surface area contributed by atoms with E-state index in [4.69, 9.17) is 16.3 Å². The maximum atomic E-state index is 12.6. The molecule has 0 bridgehead atoms. The molecule has 8 nitrogen and oxygen atoms in total. The van der Waals surface area contributed by atoms with Crippen molar-refractivity contribution in [3.05, 3.63) is 69.1 Å². The lowest BCUT2D eigenvalue weighted by Gasteiger charge is -2.19. The number of anilines is 1. The third-order valence-corrected chi connectivity index (χ3v) is 6.78. The van der Waals surface area contributed by atoms with Gasteiger partial charge in [-0.05, 0) is 68.4 Å². The summed E-state index contributed by atoms with van der Waals surface area (Å²) in [5, 5.41) is 15.2. The Bertz CT molecular complexity index is 1130. The van der Waals surface area contributed by atoms with Crippen molar-refractivity contribution in [2.24, 2.45) is 0 Å². The Kier molecular flexibility index (Phi) is 9.05. The highest BCUT2D eigenvalue weighted by Crippen LogP contribution is 2.19. The van der Waals surface area contributed by atoms with Gasteiger partial charge >= 0.3 is 0 Å². The Morgan fingerprint density at radius 3 is 2.54 bits per heavy atom. The summed E-state index contributed by atoms with van der Waals surface area (Å²) in [6.07, 6.45) is 5.02. The molecular weight excluding hydrogens is 486 g/mol. The highest BCUT2D eigenvalue weighted by atomic mass is 35.5. The topological polar surface area (TPSA) is 96.5 Å². The van der Waals surface area contributed by atoms with E-state index >= 15 is 0 Å². The van der Waals surface area contributed by atoms with Crippen LogP contribution in [0.15, 0.2) is 48.5 Å². The standard InChI is InChI=1S/C25H28ClN5O3S/c26-19-8-10-21(11-9-19)34-17-22-29-30-25(35-22)24(33)28-20-7-5-6-18(16-20)23(32)27-12-15-31-13-3-1-2-4-14-31/h5-11,16H,1-4,12-15,17H2,(H,27,32)(H,28,33). The lowest BCUT2D eigenvalue weighted by molar-refractivity contribution is 0.0947. The molecule has 2 amide bonds. The van der Waals surface area contributed by atoms with Crippen LogP contribution < -0.4 is 15.4 Å². The number of carbonyl (C=O) groups excluding carboxylic acids is 2. The van der Waals surface area contributed by atoms with Gasteiger partial charge in [0.05, 0.1) is 0 Å². The summed E-state index contributed by atoms with van der Waals surface area (Å²) >= 11 is 7.02. The van der Waals surface area contributed by atoms with Crippen molar-refractivity contribution in [1.82, 2.24) is 20.4 Å². The summed E-state index contributed by atoms with van der Waals surface area (Å²) in [6.45, 7) is 3.83. The first-order chi connectivity index (χ1) is 17.1. The third-order valence-electron chi connectivity index (χ3n) is 5.63. The molecule has 0 saturated carbocycles. The molecule has 2 heterocycles. The monoisotopic (exact) mass is 513 g/mol. The molecule has 0 radical (unpaired) electrons. The van der Waals surface area contributed by atoms with Gasteiger partial charge in [-0.3, -0.25) is 9.59 Å². The van der Waals surface area contributed by atoms with E-state index in [2.05, 4.69) is 25.7 Å². The number of aromatic nitrogens is 2. The maximum Gasteiger partial charge on any atom is 0.286 e. The van der Waals surface area contributed by atoms with E-state index in [1.807, 2.05) is 0 Å². The minimum atomic E-state index is -0.390. The van der Waals surface area contributed by atoms with Crippen LogP contribution in [0.2, 0.25) is 5.02 Å². The SMILES string of the molecule is O=C(NCCN1CCCCCC1)c1cccc(NC(=O)c2nnc(COc3ccc(Cl)cc3)s2)c1. The predicted octanol–water partition coefficient (Wildman–Crippen LogP) is 4.63. The number of benzene rings is 2. The Morgan fingerprint density at radius 1 is 1.00 bits per heavy atom. The lowest BCUT2D eigenvalue weighted by atomic mass is 10.2. The molecule has 0 unspecified atom stereocenters. The fourth-order valence-corrected chi connectivity index (χ4v) is 4.57. The second-order valence-electron chi connectivity index (χ2n) is 8.29. The summed E-state index contributed by atoms with van der Waals surface area (Å²) in [4.78, 5) is 27.6. The highest BCUT2D eigenvalue weighted by Gasteiger charge is 2.15. The van der Waals surface area contributed by atoms with Crippen molar-refractivity contribution in [2.45, 2.75) is 32.3 Å². The fourth-order valence-electron chi connectivity index (χ4n) is 3.79. The number of hydrogen-bond acceptors (Lipinski definition) is 7. The Labute approximate surface area is 213 Å². The van der Waals surface area contributed by atoms with E-state index in [9.17, 15) is 9.59 Å². The molecule has 3 aromatic rings. The van der Waals surface area contributed by atoms with Crippen molar-refractivity contribution in [3.8, 4) is 5.75 Å². The van der Waals surface area contributed by atoms with Crippen LogP contribution in [-0.2, 0) is 6.61 Å². The van der Waals surface area contributed by atoms with Crippen molar-refractivity contribution < 1.29 is 14.3 Å². The van der Waals surface area contributed by atoms with Gasteiger partial charge < -0.3 is 20.3 Å². The zero-order valence-corrected chi connectivity index (χ0v) is 20.9. The van der Waals surface area contributed by atoms with E-state index in [-0.39, 0.29) is 23.4 Å². The first kappa shape index (κ1) is 25.1. The van der Waals surface area contributed by atoms with E-state index in [0.29, 0.717) is 33.6 Å². The summed E-state index contributed by atoms with van der Waals surface area (Å²) in [6, 6.07) is 13.9. The molecule has 0 aliphatic carbocycles. The Hall–Kier alpha value is -3.01. The second-order valence-corrected chi connectivity index (χ2v) is 9.79. The Morgan fingerprint density at radius 2 is 1.77 bits per heavy atom. The van der Waals surface area contributed by atoms with Gasteiger partial charge in [-0.25, -0.2) is 0 Å². The van der Waals surface area contributed by atoms with E-state index in [1.165, 1.54) is 25.7 Å². The van der Waals surface area contributed by atoms with Gasteiger partial charge in [-0.2, -0.15) is 0 Å². The van der Waals surface area contributed by atoms with E-state index in [1.54, 1.807) is 48.5 Å². The quantitative estimate of drug-likeness (QED) is 0.433. The molecule has 0 spiro atoms. The van der Waals surface area contributed by atoms with E-state index < -0.39 is 0 Å². The van der Waals surface area contributed by atoms with Gasteiger partial charge in [0.2, 0.25) is 5.01 Å². The molecule has 2 aromatic carbocycles. The van der Waals surface area contributed by atoms with Gasteiger partial charge in [-0.15, -0.1) is 10.2 Å². The van der Waals surface area contributed by atoms with Gasteiger partial charge in [0.15, 0.2) is 5.01 Å². The molecule has 0 atom stereocenters. The number of carbonyl (C=O) groups is 2. The lowest BCUT2D eigenvalue weighted by Crippen LogP contribution is -2.35. The molecule has 1 aromatic heterocycles. The largest absolute Gasteiger partial charge is 0.486 e. The van der Waals surface area contributed by atoms with Gasteiger partial charge in [0, 0.05) is 29.4 Å². The number of rotatable bonds is 9. The number of nitrogens with zero attached hydrogens (tertiary/aromatic N) is 3. The maximum absolute atomic E-state index is 12.6. The number of nitrogens with one attached hydrogen (secondary N) is 2. The van der Waals surface area contributed by atoms with Gasteiger partial charge in [0.25, 0.3) is 11.8 Å². The average Bonchev–Trinajstić information content (AvgIpc) is 3.20. The zero-order chi connectivity index (χ0) is 24.5. The number of hydrogen-bond donors (Lipinski definition) is 2. The molecule has 4 rings (SSSR count). The third kappa shape index (κ3) is 7.74. The van der Waals surface area contributed by atoms with E-state index in [0.717, 1.165) is 31.0 Å². The van der Waals surface area contributed by atoms with Crippen LogP contribution in [0.25, 0.3) is 0 Å². The van der Waals surface area contributed by atoms with Crippen molar-refractivity contribution in [2.75, 3.05) is 31.5 Å². The van der Waals surface area contributed by atoms with Crippen LogP contribution >= 0.6 is 22.9 Å². The molecular formula is C25H28ClN5O3S. The van der Waals surface area contributed by atoms with Crippen molar-refractivity contribution >= 4 is 40.4 Å². The summed E-state index contributed by atoms with van der Waals surface area (Å²) in [5.41, 5.74) is 1.01. The second kappa shape index (κ2) is 12.6. The molecule has 35 heavy (non-hydrogen) atoms. The van der Waals surface area contributed by atoms with Crippen LogP contribution in [-0.4, -0.2) is 53.1 Å². The molecule has 1 aliphatic heterocycles. The van der Waals surface area contributed by atoms with Crippen molar-refractivity contribution in [1.29, 1.82) is 0 Å². The average molecular weight is 514 g/mol. The zero-order valence-electron chi connectivity index (χ0n) is 19.3. The van der Waals surface area contributed by atoms with Crippen LogP contribution in [0.5, 0.6) is 5.75 Å². The molecule has 184 valence electrons. The molecule has 1 aliphatic rings. The smallest absolute Gasteiger partial charge is 0.286 e. The number of likely N-dealkylation sites (tertiary alicyclic amines) is 1. The fraction of sp³-hybridized carbons (Fsp3) is 0.360. The number of halogens is 1. The minimum Gasteiger partial charge on any atom is -0.486 e. The predicted molar refractivity (Wildman–Crippen MR) is 137 cm³/mol. The summed E-state index contributed by atoms with van der Waals surface area (Å²) in [5.74, 6) is 0.101. The summed E-state index contributed by atoms with van der Waals surface area (Å²) in [7, 11) is 0. The normalized spacial score (nSPS) is 14.2. The number of amides is 2. The first-order valence-electron chi connectivity index (χ1n) is 11.7. The minimum absolute atomic E-state index is 0.159. The Balaban J connectivity index is 1.26. The summed E-state index contributed by atoms with van der Waals surface area (Å²) < 4.78 is 5.65. The molecule has 2 N–H and O–H groups in total. The molecule has 1 fully saturated rings. The molecule has 1 saturated heterocycles. The van der Waals surface area contributed by atoms with Crippen LogP contribution in [0.3, 0.4) is 0 Å². The molecule has 10 heteroatoms. The first-order valence-corrected chi connectivity index (χ1v) is 12.9. The van der Waals surface area contributed by atoms with Crippen LogP contribution in [0.4, 0.5) is 5.69 Å². The van der Waals surface area contributed by atoms with Crippen LogP contribution in [0.1, 0.15) is 50.9 Å². The van der Waals surface area contributed by atoms with Gasteiger partial charge in [0.1, 0.15) is 12.4 Å². The van der Waals surface area contributed by atoms with Crippen LogP contribution in [0, 0.1) is 0 Å². The van der Waals surface area contributed by atoms with Crippen molar-refractivity contribution in [3.63, 3.8) is 0 Å². The number of ether oxygens (including phenoxy) is 1. The highest BCUT2D eigenvalue weighted by molar-refractivity contribution is 7.13.